The Morgan fingerprint density at radius 1 is 1.07 bits per heavy atom. The van der Waals surface area contributed by atoms with Gasteiger partial charge in [0.2, 0.25) is 0 Å². The van der Waals surface area contributed by atoms with Crippen LogP contribution in [0.4, 0.5) is 10.1 Å². The first-order chi connectivity index (χ1) is 14.1. The highest BCUT2D eigenvalue weighted by atomic mass is 31.1. The molecule has 2 rings (SSSR count). The van der Waals surface area contributed by atoms with E-state index in [1.54, 1.807) is 6.07 Å². The van der Waals surface area contributed by atoms with E-state index in [0.29, 0.717) is 13.0 Å². The summed E-state index contributed by atoms with van der Waals surface area (Å²) in [5.41, 5.74) is 4.36. The van der Waals surface area contributed by atoms with Gasteiger partial charge in [-0.2, -0.15) is 0 Å². The lowest BCUT2D eigenvalue weighted by Crippen LogP contribution is -2.16. The van der Waals surface area contributed by atoms with E-state index in [9.17, 15) is 8.96 Å². The van der Waals surface area contributed by atoms with E-state index in [0.717, 1.165) is 56.6 Å². The van der Waals surface area contributed by atoms with Crippen LogP contribution in [0.1, 0.15) is 42.4 Å². The molecule has 0 amide bonds. The quantitative estimate of drug-likeness (QED) is 0.300. The summed E-state index contributed by atoms with van der Waals surface area (Å²) in [7, 11) is -2.81. The third-order valence-electron chi connectivity index (χ3n) is 4.74. The van der Waals surface area contributed by atoms with Crippen LogP contribution in [0.5, 0.6) is 0 Å². The fourth-order valence-corrected chi connectivity index (χ4v) is 3.48. The minimum absolute atomic E-state index is 0.105. The van der Waals surface area contributed by atoms with Crippen molar-refractivity contribution in [3.05, 3.63) is 65.0 Å². The lowest BCUT2D eigenvalue weighted by molar-refractivity contribution is 0.276. The van der Waals surface area contributed by atoms with Crippen LogP contribution in [0.25, 0.3) is 0 Å². The molecule has 5 nitrogen and oxygen atoms in total. The molecule has 0 aromatic heterocycles. The molecular weight excluding hydrogens is 390 g/mol. The Hall–Kier alpha value is -1.72. The SMILES string of the molecule is Cc1cc(CNCCCO[PH](=O)O)ccc1NCCCCCc1ccccc1F. The van der Waals surface area contributed by atoms with Crippen molar-refractivity contribution in [3.8, 4) is 0 Å². The number of unbranched alkanes of at least 4 members (excludes halogenated alkanes) is 2. The molecule has 0 fully saturated rings. The van der Waals surface area contributed by atoms with Gasteiger partial charge < -0.3 is 20.1 Å². The number of hydrogen-bond acceptors (Lipinski definition) is 4. The number of halogens is 1. The van der Waals surface area contributed by atoms with Gasteiger partial charge in [-0.15, -0.1) is 0 Å². The first kappa shape index (κ1) is 23.6. The van der Waals surface area contributed by atoms with Crippen molar-refractivity contribution in [2.24, 2.45) is 0 Å². The molecule has 2 aromatic rings. The molecule has 0 radical (unpaired) electrons. The largest absolute Gasteiger partial charge is 0.385 e. The van der Waals surface area contributed by atoms with Gasteiger partial charge in [0.15, 0.2) is 0 Å². The number of anilines is 1. The highest BCUT2D eigenvalue weighted by Crippen LogP contribution is 2.17. The molecular formula is C22H32FN2O3P. The summed E-state index contributed by atoms with van der Waals surface area (Å²) in [5, 5.41) is 6.79. The topological polar surface area (TPSA) is 70.6 Å². The number of rotatable bonds is 14. The van der Waals surface area contributed by atoms with E-state index >= 15 is 0 Å². The van der Waals surface area contributed by atoms with Crippen LogP contribution >= 0.6 is 8.25 Å². The summed E-state index contributed by atoms with van der Waals surface area (Å²) in [5.74, 6) is -0.105. The molecule has 0 spiro atoms. The number of aryl methyl sites for hydroxylation is 2. The normalized spacial score (nSPS) is 12.1. The van der Waals surface area contributed by atoms with Gasteiger partial charge in [0.1, 0.15) is 5.82 Å². The third-order valence-corrected chi connectivity index (χ3v) is 5.19. The molecule has 160 valence electrons. The van der Waals surface area contributed by atoms with Gasteiger partial charge in [-0.1, -0.05) is 36.8 Å². The Balaban J connectivity index is 1.59. The van der Waals surface area contributed by atoms with Crippen LogP contribution in [0.15, 0.2) is 42.5 Å². The first-order valence-corrected chi connectivity index (χ1v) is 11.5. The maximum atomic E-state index is 13.6. The molecule has 0 saturated carbocycles. The van der Waals surface area contributed by atoms with Gasteiger partial charge in [-0.05, 0) is 68.0 Å². The summed E-state index contributed by atoms with van der Waals surface area (Å²) in [6, 6.07) is 13.4. The molecule has 3 N–H and O–H groups in total. The summed E-state index contributed by atoms with van der Waals surface area (Å²) >= 11 is 0. The third kappa shape index (κ3) is 9.55. The van der Waals surface area contributed by atoms with Crippen molar-refractivity contribution in [1.82, 2.24) is 5.32 Å². The fraction of sp³-hybridized carbons (Fsp3) is 0.455. The van der Waals surface area contributed by atoms with Crippen molar-refractivity contribution in [2.45, 2.75) is 45.6 Å². The lowest BCUT2D eigenvalue weighted by atomic mass is 10.1. The van der Waals surface area contributed by atoms with Crippen molar-refractivity contribution in [2.75, 3.05) is 25.0 Å². The Bertz CT molecular complexity index is 773. The zero-order valence-corrected chi connectivity index (χ0v) is 18.0. The number of hydrogen-bond donors (Lipinski definition) is 3. The van der Waals surface area contributed by atoms with Gasteiger partial charge >= 0.3 is 8.25 Å². The Morgan fingerprint density at radius 2 is 1.90 bits per heavy atom. The monoisotopic (exact) mass is 422 g/mol. The van der Waals surface area contributed by atoms with E-state index < -0.39 is 8.25 Å². The second-order valence-corrected chi connectivity index (χ2v) is 7.94. The highest BCUT2D eigenvalue weighted by molar-refractivity contribution is 7.32. The fourth-order valence-electron chi connectivity index (χ4n) is 3.16. The highest BCUT2D eigenvalue weighted by Gasteiger charge is 2.02. The molecule has 0 aliphatic rings. The van der Waals surface area contributed by atoms with Crippen LogP contribution in [0.3, 0.4) is 0 Å². The average molecular weight is 422 g/mol. The number of benzene rings is 2. The van der Waals surface area contributed by atoms with Crippen molar-refractivity contribution in [3.63, 3.8) is 0 Å². The standard InChI is InChI=1S/C22H32FN2O3P/c1-18-16-19(17-24-13-7-15-28-29(26)27)11-12-22(18)25-14-6-2-3-8-20-9-4-5-10-21(20)23/h4-5,9-12,16,24-25,29H,2-3,6-8,13-15,17H2,1H3,(H,26,27). The zero-order valence-electron chi connectivity index (χ0n) is 17.0. The Morgan fingerprint density at radius 3 is 2.66 bits per heavy atom. The summed E-state index contributed by atoms with van der Waals surface area (Å²) in [6.07, 6.45) is 4.61. The maximum Gasteiger partial charge on any atom is 0.316 e. The van der Waals surface area contributed by atoms with Crippen LogP contribution in [0.2, 0.25) is 0 Å². The van der Waals surface area contributed by atoms with Gasteiger partial charge in [0.25, 0.3) is 0 Å². The lowest BCUT2D eigenvalue weighted by Gasteiger charge is -2.12. The average Bonchev–Trinajstić information content (AvgIpc) is 2.69. The van der Waals surface area contributed by atoms with E-state index in [-0.39, 0.29) is 5.82 Å². The predicted molar refractivity (Wildman–Crippen MR) is 117 cm³/mol. The van der Waals surface area contributed by atoms with Gasteiger partial charge in [-0.25, -0.2) is 4.39 Å². The molecule has 0 heterocycles. The van der Waals surface area contributed by atoms with Crippen LogP contribution in [0, 0.1) is 12.7 Å². The zero-order chi connectivity index (χ0) is 20.9. The minimum Gasteiger partial charge on any atom is -0.385 e. The van der Waals surface area contributed by atoms with Gasteiger partial charge in [0, 0.05) is 18.8 Å². The smallest absolute Gasteiger partial charge is 0.316 e. The minimum atomic E-state index is -2.81. The summed E-state index contributed by atoms with van der Waals surface area (Å²) in [6.45, 7) is 4.79. The van der Waals surface area contributed by atoms with Crippen LogP contribution in [-0.2, 0) is 22.1 Å². The van der Waals surface area contributed by atoms with Gasteiger partial charge in [-0.3, -0.25) is 4.57 Å². The number of nitrogens with one attached hydrogen (secondary N) is 2. The van der Waals surface area contributed by atoms with E-state index in [4.69, 9.17) is 4.89 Å². The van der Waals surface area contributed by atoms with E-state index in [1.165, 1.54) is 17.2 Å². The van der Waals surface area contributed by atoms with Crippen molar-refractivity contribution < 1.29 is 18.4 Å². The van der Waals surface area contributed by atoms with Crippen molar-refractivity contribution >= 4 is 13.9 Å². The molecule has 0 aliphatic heterocycles. The van der Waals surface area contributed by atoms with Crippen LogP contribution in [-0.4, -0.2) is 24.6 Å². The van der Waals surface area contributed by atoms with E-state index in [2.05, 4.69) is 40.3 Å². The van der Waals surface area contributed by atoms with E-state index in [1.807, 2.05) is 12.1 Å². The molecule has 2 aromatic carbocycles. The summed E-state index contributed by atoms with van der Waals surface area (Å²) in [4.78, 5) is 8.59. The Kier molecular flexibility index (Phi) is 11.0. The molecule has 0 bridgehead atoms. The first-order valence-electron chi connectivity index (χ1n) is 10.2. The molecule has 1 atom stereocenters. The second kappa shape index (κ2) is 13.5. The molecule has 0 aliphatic carbocycles. The Labute approximate surface area is 173 Å². The summed E-state index contributed by atoms with van der Waals surface area (Å²) < 4.78 is 28.7. The molecule has 1 unspecified atom stereocenters. The molecule has 0 saturated heterocycles. The second-order valence-electron chi connectivity index (χ2n) is 7.12. The maximum absolute atomic E-state index is 13.6. The molecule has 29 heavy (non-hydrogen) atoms. The van der Waals surface area contributed by atoms with Gasteiger partial charge in [0.05, 0.1) is 6.61 Å². The van der Waals surface area contributed by atoms with Crippen LogP contribution < -0.4 is 10.6 Å². The predicted octanol–water partition coefficient (Wildman–Crippen LogP) is 4.84. The molecule has 7 heteroatoms. The van der Waals surface area contributed by atoms with Crippen molar-refractivity contribution in [1.29, 1.82) is 0 Å².